The molecule has 3 aromatic carbocycles. The smallest absolute Gasteiger partial charge is 0.408 e. The Bertz CT molecular complexity index is 1340. The molecule has 4 saturated carbocycles. The van der Waals surface area contributed by atoms with Gasteiger partial charge in [0.05, 0.1) is 0 Å². The van der Waals surface area contributed by atoms with Crippen LogP contribution in [-0.2, 0) is 22.6 Å². The van der Waals surface area contributed by atoms with Crippen LogP contribution in [0, 0.1) is 17.8 Å². The zero-order valence-electron chi connectivity index (χ0n) is 23.2. The van der Waals surface area contributed by atoms with Gasteiger partial charge in [-0.05, 0) is 91.7 Å². The summed E-state index contributed by atoms with van der Waals surface area (Å²) in [5.41, 5.74) is 2.86. The topological polar surface area (TPSA) is 96.5 Å². The molecule has 0 radical (unpaired) electrons. The molecule has 0 aliphatic heterocycles. The van der Waals surface area contributed by atoms with E-state index in [1.54, 1.807) is 24.3 Å². The summed E-state index contributed by atoms with van der Waals surface area (Å²) in [6.45, 7) is 0.110. The van der Waals surface area contributed by atoms with E-state index in [9.17, 15) is 14.4 Å². The van der Waals surface area contributed by atoms with E-state index in [0.29, 0.717) is 17.7 Å². The number of hydrogen-bond acceptors (Lipinski definition) is 4. The first-order valence-corrected chi connectivity index (χ1v) is 14.7. The number of carbonyl (C=O) groups excluding carboxylic acids is 3. The molecule has 3 amide bonds. The van der Waals surface area contributed by atoms with Gasteiger partial charge in [-0.3, -0.25) is 9.59 Å². The molecule has 7 heteroatoms. The fourth-order valence-corrected chi connectivity index (χ4v) is 7.48. The van der Waals surface area contributed by atoms with Gasteiger partial charge in [0.2, 0.25) is 5.91 Å². The fourth-order valence-electron chi connectivity index (χ4n) is 7.48. The van der Waals surface area contributed by atoms with Crippen molar-refractivity contribution in [2.75, 3.05) is 5.32 Å². The second-order valence-corrected chi connectivity index (χ2v) is 12.2. The highest BCUT2D eigenvalue weighted by atomic mass is 16.5. The molecule has 41 heavy (non-hydrogen) atoms. The van der Waals surface area contributed by atoms with Crippen molar-refractivity contribution in [1.82, 2.24) is 10.6 Å². The zero-order chi connectivity index (χ0) is 28.2. The van der Waals surface area contributed by atoms with Gasteiger partial charge in [-0.25, -0.2) is 4.79 Å². The molecule has 7 nitrogen and oxygen atoms in total. The summed E-state index contributed by atoms with van der Waals surface area (Å²) in [5.74, 6) is 1.86. The molecule has 3 N–H and O–H groups in total. The van der Waals surface area contributed by atoms with E-state index in [4.69, 9.17) is 4.74 Å². The van der Waals surface area contributed by atoms with Crippen molar-refractivity contribution in [2.45, 2.75) is 63.1 Å². The number of hydrogen-bond donors (Lipinski definition) is 3. The molecular formula is C34H37N3O4. The number of ether oxygens (including phenoxy) is 1. The zero-order valence-corrected chi connectivity index (χ0v) is 23.2. The van der Waals surface area contributed by atoms with Crippen LogP contribution in [-0.4, -0.2) is 29.5 Å². The number of rotatable bonds is 9. The van der Waals surface area contributed by atoms with Crippen LogP contribution in [0.4, 0.5) is 10.5 Å². The quantitative estimate of drug-likeness (QED) is 0.310. The van der Waals surface area contributed by atoms with Crippen LogP contribution in [0.5, 0.6) is 0 Å². The van der Waals surface area contributed by atoms with Crippen molar-refractivity contribution in [1.29, 1.82) is 0 Å². The van der Waals surface area contributed by atoms with Crippen molar-refractivity contribution in [3.8, 4) is 0 Å². The molecule has 3 aromatic rings. The molecule has 4 aliphatic rings. The normalized spacial score (nSPS) is 24.7. The lowest BCUT2D eigenvalue weighted by molar-refractivity contribution is -0.118. The van der Waals surface area contributed by atoms with Gasteiger partial charge in [-0.2, -0.15) is 0 Å². The molecule has 0 unspecified atom stereocenters. The third-order valence-electron chi connectivity index (χ3n) is 8.94. The minimum atomic E-state index is -0.847. The largest absolute Gasteiger partial charge is 0.445 e. The maximum atomic E-state index is 13.3. The average Bonchev–Trinajstić information content (AvgIpc) is 2.96. The van der Waals surface area contributed by atoms with Crippen LogP contribution in [0.25, 0.3) is 0 Å². The number of alkyl carbamates (subject to hydrolysis) is 1. The number of carbonyl (C=O) groups is 3. The SMILES string of the molecule is O=C(N[C@@H](Cc1ccccc1)C(=O)Nc1ccc(C(=O)NC23CC4CC(CC(C4)C2)C3)cc1)OCc1ccccc1. The average molecular weight is 552 g/mol. The van der Waals surface area contributed by atoms with E-state index in [2.05, 4.69) is 16.0 Å². The second-order valence-electron chi connectivity index (χ2n) is 12.2. The Labute approximate surface area is 241 Å². The summed E-state index contributed by atoms with van der Waals surface area (Å²) in [4.78, 5) is 39.1. The van der Waals surface area contributed by atoms with E-state index >= 15 is 0 Å². The van der Waals surface area contributed by atoms with Crippen LogP contribution in [0.3, 0.4) is 0 Å². The van der Waals surface area contributed by atoms with Gasteiger partial charge >= 0.3 is 6.09 Å². The van der Waals surface area contributed by atoms with Gasteiger partial charge < -0.3 is 20.7 Å². The van der Waals surface area contributed by atoms with Gasteiger partial charge in [0.25, 0.3) is 5.91 Å². The minimum absolute atomic E-state index is 0.0467. The Morgan fingerprint density at radius 3 is 1.90 bits per heavy atom. The van der Waals surface area contributed by atoms with Crippen molar-refractivity contribution in [2.24, 2.45) is 17.8 Å². The standard InChI is InChI=1S/C34H37N3O4/c38-31(37-34-19-25-15-26(20-34)17-27(16-25)21-34)28-11-13-29(14-12-28)35-32(39)30(18-23-7-3-1-4-8-23)36-33(40)41-22-24-9-5-2-6-10-24/h1-14,25-27,30H,15-22H2,(H,35,39)(H,36,40)(H,37,38)/t25?,26?,27?,30-,34?/m0/s1. The molecule has 0 saturated heterocycles. The lowest BCUT2D eigenvalue weighted by atomic mass is 9.53. The lowest BCUT2D eigenvalue weighted by Crippen LogP contribution is -2.59. The molecule has 0 spiro atoms. The van der Waals surface area contributed by atoms with E-state index in [1.807, 2.05) is 60.7 Å². The highest BCUT2D eigenvalue weighted by Crippen LogP contribution is 2.55. The van der Waals surface area contributed by atoms with Crippen molar-refractivity contribution in [3.63, 3.8) is 0 Å². The Morgan fingerprint density at radius 2 is 1.32 bits per heavy atom. The van der Waals surface area contributed by atoms with Crippen LogP contribution < -0.4 is 16.0 Å². The predicted octanol–water partition coefficient (Wildman–Crippen LogP) is 5.86. The molecule has 4 fully saturated rings. The molecular weight excluding hydrogens is 514 g/mol. The fraction of sp³-hybridized carbons (Fsp3) is 0.382. The molecule has 4 bridgehead atoms. The molecule has 4 aliphatic carbocycles. The van der Waals surface area contributed by atoms with Crippen LogP contribution in [0.15, 0.2) is 84.9 Å². The first kappa shape index (κ1) is 27.1. The highest BCUT2D eigenvalue weighted by Gasteiger charge is 2.51. The minimum Gasteiger partial charge on any atom is -0.445 e. The van der Waals surface area contributed by atoms with Crippen molar-refractivity contribution in [3.05, 3.63) is 102 Å². The Morgan fingerprint density at radius 1 is 0.756 bits per heavy atom. The second kappa shape index (κ2) is 11.8. The summed E-state index contributed by atoms with van der Waals surface area (Å²) in [6, 6.07) is 25.0. The summed E-state index contributed by atoms with van der Waals surface area (Å²) in [7, 11) is 0. The Balaban J connectivity index is 1.07. The van der Waals surface area contributed by atoms with E-state index in [0.717, 1.165) is 48.1 Å². The maximum absolute atomic E-state index is 13.3. The summed E-state index contributed by atoms with van der Waals surface area (Å²) in [6.07, 6.45) is 6.92. The van der Waals surface area contributed by atoms with E-state index in [-0.39, 0.29) is 24.0 Å². The maximum Gasteiger partial charge on any atom is 0.408 e. The van der Waals surface area contributed by atoms with Gasteiger partial charge in [0.15, 0.2) is 0 Å². The number of benzene rings is 3. The molecule has 0 aromatic heterocycles. The number of anilines is 1. The molecule has 0 heterocycles. The third-order valence-corrected chi connectivity index (χ3v) is 8.94. The van der Waals surface area contributed by atoms with E-state index in [1.165, 1.54) is 19.3 Å². The summed E-state index contributed by atoms with van der Waals surface area (Å²) >= 11 is 0. The van der Waals surface area contributed by atoms with Gasteiger partial charge in [0.1, 0.15) is 12.6 Å². The first-order valence-electron chi connectivity index (χ1n) is 14.7. The summed E-state index contributed by atoms with van der Waals surface area (Å²) in [5, 5.41) is 9.02. The lowest BCUT2D eigenvalue weighted by Gasteiger charge is -2.56. The molecule has 212 valence electrons. The number of nitrogens with one attached hydrogen (secondary N) is 3. The molecule has 7 rings (SSSR count). The van der Waals surface area contributed by atoms with Gasteiger partial charge in [-0.1, -0.05) is 60.7 Å². The van der Waals surface area contributed by atoms with Crippen LogP contribution in [0.1, 0.15) is 60.0 Å². The van der Waals surface area contributed by atoms with Gasteiger partial charge in [0, 0.05) is 23.2 Å². The first-order chi connectivity index (χ1) is 19.9. The monoisotopic (exact) mass is 551 g/mol. The Kier molecular flexibility index (Phi) is 7.77. The van der Waals surface area contributed by atoms with E-state index < -0.39 is 12.1 Å². The molecule has 1 atom stereocenters. The van der Waals surface area contributed by atoms with Crippen LogP contribution >= 0.6 is 0 Å². The predicted molar refractivity (Wildman–Crippen MR) is 157 cm³/mol. The van der Waals surface area contributed by atoms with Crippen LogP contribution in [0.2, 0.25) is 0 Å². The third kappa shape index (κ3) is 6.62. The van der Waals surface area contributed by atoms with Crippen molar-refractivity contribution >= 4 is 23.6 Å². The highest BCUT2D eigenvalue weighted by molar-refractivity contribution is 5.98. The number of amides is 3. The Hall–Kier alpha value is -4.13. The van der Waals surface area contributed by atoms with Gasteiger partial charge in [-0.15, -0.1) is 0 Å². The van der Waals surface area contributed by atoms with Crippen molar-refractivity contribution < 1.29 is 19.1 Å². The summed E-state index contributed by atoms with van der Waals surface area (Å²) < 4.78 is 5.36.